The third-order valence-corrected chi connectivity index (χ3v) is 10.1. The second kappa shape index (κ2) is 11.5. The van der Waals surface area contributed by atoms with Gasteiger partial charge in [-0.05, 0) is 89.0 Å². The van der Waals surface area contributed by atoms with Crippen molar-refractivity contribution in [1.82, 2.24) is 14.5 Å². The zero-order valence-electron chi connectivity index (χ0n) is 27.4. The molecule has 0 amide bonds. The number of rotatable bonds is 5. The lowest BCUT2D eigenvalue weighted by Crippen LogP contribution is -2.20. The first-order valence-electron chi connectivity index (χ1n) is 17.2. The van der Waals surface area contributed by atoms with E-state index in [-0.39, 0.29) is 6.04 Å². The Balaban J connectivity index is 1.08. The lowest BCUT2D eigenvalue weighted by molar-refractivity contribution is 0.764. The summed E-state index contributed by atoms with van der Waals surface area (Å²) in [5.41, 5.74) is 13.1. The van der Waals surface area contributed by atoms with E-state index >= 15 is 0 Å². The molecule has 50 heavy (non-hydrogen) atoms. The molecule has 0 fully saturated rings. The number of para-hydroxylation sites is 3. The van der Waals surface area contributed by atoms with Gasteiger partial charge in [-0.3, -0.25) is 0 Å². The van der Waals surface area contributed by atoms with Gasteiger partial charge in [0.15, 0.2) is 0 Å². The van der Waals surface area contributed by atoms with Gasteiger partial charge in [0.05, 0.1) is 28.1 Å². The SMILES string of the molecule is C1=CC(c2ccccc2)NC(c2cccc(-n3c4ccccc4c4cc(-c5ccc6c(c5)c5ccccc5n6-c5ccccc5)ccc43)c2)=C1. The van der Waals surface area contributed by atoms with Crippen LogP contribution in [-0.2, 0) is 0 Å². The van der Waals surface area contributed by atoms with E-state index < -0.39 is 0 Å². The number of fused-ring (bicyclic) bond motifs is 6. The largest absolute Gasteiger partial charge is 0.374 e. The molecule has 3 heterocycles. The van der Waals surface area contributed by atoms with E-state index in [0.29, 0.717) is 0 Å². The highest BCUT2D eigenvalue weighted by molar-refractivity contribution is 6.12. The number of hydrogen-bond acceptors (Lipinski definition) is 1. The Labute approximate surface area is 290 Å². The van der Waals surface area contributed by atoms with Crippen LogP contribution in [0.15, 0.2) is 188 Å². The van der Waals surface area contributed by atoms with E-state index in [9.17, 15) is 0 Å². The van der Waals surface area contributed by atoms with Crippen LogP contribution in [0.5, 0.6) is 0 Å². The number of nitrogens with zero attached hydrogens (tertiary/aromatic N) is 2. The first kappa shape index (κ1) is 28.4. The quantitative estimate of drug-likeness (QED) is 0.199. The Kier molecular flexibility index (Phi) is 6.56. The maximum atomic E-state index is 3.76. The molecule has 10 rings (SSSR count). The van der Waals surface area contributed by atoms with Crippen molar-refractivity contribution in [3.8, 4) is 22.5 Å². The molecule has 0 aliphatic carbocycles. The molecule has 7 aromatic carbocycles. The van der Waals surface area contributed by atoms with Gasteiger partial charge < -0.3 is 14.5 Å². The summed E-state index contributed by atoms with van der Waals surface area (Å²) in [5, 5.41) is 8.78. The number of aromatic nitrogens is 2. The van der Waals surface area contributed by atoms with Gasteiger partial charge in [0.25, 0.3) is 0 Å². The molecule has 3 heteroatoms. The number of allylic oxidation sites excluding steroid dienone is 2. The van der Waals surface area contributed by atoms with Gasteiger partial charge in [-0.1, -0.05) is 121 Å². The predicted molar refractivity (Wildman–Crippen MR) is 210 cm³/mol. The van der Waals surface area contributed by atoms with Crippen molar-refractivity contribution >= 4 is 49.3 Å². The first-order chi connectivity index (χ1) is 24.8. The molecule has 2 aromatic heterocycles. The van der Waals surface area contributed by atoms with Crippen LogP contribution in [0.3, 0.4) is 0 Å². The highest BCUT2D eigenvalue weighted by Crippen LogP contribution is 2.38. The standard InChI is InChI=1S/C47H33N3/c1-3-13-32(14-4-1)42-21-12-22-43(48-42)35-15-11-18-37(29-35)50-45-24-10-8-20-39(45)41-31-34(26-28-47(41)50)33-25-27-46-40(30-33)38-19-7-9-23-44(38)49(46)36-16-5-2-6-17-36/h1-31,42,48H. The van der Waals surface area contributed by atoms with Crippen LogP contribution >= 0.6 is 0 Å². The average molecular weight is 640 g/mol. The monoisotopic (exact) mass is 639 g/mol. The second-order valence-corrected chi connectivity index (χ2v) is 13.1. The topological polar surface area (TPSA) is 21.9 Å². The minimum Gasteiger partial charge on any atom is -0.374 e. The molecule has 1 unspecified atom stereocenters. The molecule has 0 saturated carbocycles. The van der Waals surface area contributed by atoms with Gasteiger partial charge in [0.2, 0.25) is 0 Å². The lowest BCUT2D eigenvalue weighted by atomic mass is 10.0. The normalized spacial score (nSPS) is 14.4. The summed E-state index contributed by atoms with van der Waals surface area (Å²) < 4.78 is 4.78. The third kappa shape index (κ3) is 4.59. The summed E-state index contributed by atoms with van der Waals surface area (Å²) in [6.07, 6.45) is 6.55. The first-order valence-corrected chi connectivity index (χ1v) is 17.2. The molecule has 1 atom stereocenters. The summed E-state index contributed by atoms with van der Waals surface area (Å²) >= 11 is 0. The van der Waals surface area contributed by atoms with Gasteiger partial charge in [-0.2, -0.15) is 0 Å². The smallest absolute Gasteiger partial charge is 0.0701 e. The van der Waals surface area contributed by atoms with Crippen molar-refractivity contribution in [1.29, 1.82) is 0 Å². The molecule has 3 nitrogen and oxygen atoms in total. The van der Waals surface area contributed by atoms with E-state index in [1.807, 2.05) is 0 Å². The number of hydrogen-bond donors (Lipinski definition) is 1. The molecule has 1 aliphatic heterocycles. The minimum atomic E-state index is 0.139. The summed E-state index contributed by atoms with van der Waals surface area (Å²) in [6, 6.07) is 61.6. The molecular formula is C47H33N3. The predicted octanol–water partition coefficient (Wildman–Crippen LogP) is 11.8. The molecule has 0 radical (unpaired) electrons. The second-order valence-electron chi connectivity index (χ2n) is 13.1. The van der Waals surface area contributed by atoms with Crippen molar-refractivity contribution in [2.45, 2.75) is 6.04 Å². The van der Waals surface area contributed by atoms with E-state index in [1.165, 1.54) is 71.6 Å². The van der Waals surface area contributed by atoms with E-state index in [2.05, 4.69) is 203 Å². The number of nitrogens with one attached hydrogen (secondary N) is 1. The van der Waals surface area contributed by atoms with Gasteiger partial charge >= 0.3 is 0 Å². The zero-order valence-corrected chi connectivity index (χ0v) is 27.4. The van der Waals surface area contributed by atoms with Crippen LogP contribution in [0.25, 0.3) is 71.8 Å². The van der Waals surface area contributed by atoms with Crippen molar-refractivity contribution in [2.75, 3.05) is 0 Å². The van der Waals surface area contributed by atoms with Crippen molar-refractivity contribution < 1.29 is 0 Å². The van der Waals surface area contributed by atoms with Crippen LogP contribution in [0.1, 0.15) is 17.2 Å². The molecular weight excluding hydrogens is 607 g/mol. The minimum absolute atomic E-state index is 0.139. The molecule has 9 aromatic rings. The van der Waals surface area contributed by atoms with Gasteiger partial charge in [-0.25, -0.2) is 0 Å². The third-order valence-electron chi connectivity index (χ3n) is 10.1. The Morgan fingerprint density at radius 2 is 0.940 bits per heavy atom. The van der Waals surface area contributed by atoms with E-state index in [4.69, 9.17) is 0 Å². The summed E-state index contributed by atoms with van der Waals surface area (Å²) in [7, 11) is 0. The summed E-state index contributed by atoms with van der Waals surface area (Å²) in [5.74, 6) is 0. The lowest BCUT2D eigenvalue weighted by Gasteiger charge is -2.23. The van der Waals surface area contributed by atoms with Crippen molar-refractivity contribution in [3.63, 3.8) is 0 Å². The fourth-order valence-electron chi connectivity index (χ4n) is 7.81. The highest BCUT2D eigenvalue weighted by atomic mass is 15.0. The van der Waals surface area contributed by atoms with Gasteiger partial charge in [0.1, 0.15) is 0 Å². The highest BCUT2D eigenvalue weighted by Gasteiger charge is 2.18. The van der Waals surface area contributed by atoms with Crippen molar-refractivity contribution in [3.05, 3.63) is 199 Å². The average Bonchev–Trinajstić information content (AvgIpc) is 3.71. The molecule has 236 valence electrons. The fraction of sp³-hybridized carbons (Fsp3) is 0.0213. The van der Waals surface area contributed by atoms with Crippen LogP contribution in [0.2, 0.25) is 0 Å². The maximum Gasteiger partial charge on any atom is 0.0701 e. The Morgan fingerprint density at radius 3 is 1.60 bits per heavy atom. The molecule has 1 N–H and O–H groups in total. The van der Waals surface area contributed by atoms with Crippen molar-refractivity contribution in [2.24, 2.45) is 0 Å². The number of benzene rings is 7. The van der Waals surface area contributed by atoms with Gasteiger partial charge in [-0.15, -0.1) is 0 Å². The Bertz CT molecular complexity index is 2780. The fourth-order valence-corrected chi connectivity index (χ4v) is 7.81. The van der Waals surface area contributed by atoms with Crippen LogP contribution in [-0.4, -0.2) is 9.13 Å². The van der Waals surface area contributed by atoms with E-state index in [1.54, 1.807) is 0 Å². The summed E-state index contributed by atoms with van der Waals surface area (Å²) in [6.45, 7) is 0. The Hall–Kier alpha value is -6.58. The van der Waals surface area contributed by atoms with Gasteiger partial charge in [0, 0.05) is 38.6 Å². The van der Waals surface area contributed by atoms with E-state index in [0.717, 1.165) is 11.4 Å². The molecule has 1 aliphatic rings. The van der Waals surface area contributed by atoms with Crippen LogP contribution < -0.4 is 5.32 Å². The Morgan fingerprint density at radius 1 is 0.400 bits per heavy atom. The number of dihydropyridines is 1. The molecule has 0 spiro atoms. The zero-order chi connectivity index (χ0) is 33.0. The molecule has 0 bridgehead atoms. The van der Waals surface area contributed by atoms with Crippen LogP contribution in [0.4, 0.5) is 0 Å². The maximum absolute atomic E-state index is 3.76. The van der Waals surface area contributed by atoms with Crippen LogP contribution in [0, 0.1) is 0 Å². The molecule has 0 saturated heterocycles. The summed E-state index contributed by atoms with van der Waals surface area (Å²) in [4.78, 5) is 0.